The van der Waals surface area contributed by atoms with Crippen molar-refractivity contribution in [2.45, 2.75) is 163 Å². The minimum atomic E-state index is -5.51. The Hall–Kier alpha value is -0.260. The minimum Gasteiger partial charge on any atom is -0.460 e. The maximum atomic E-state index is 15.0. The molecule has 2 atom stereocenters. The molecule has 1 N–H and O–H groups in total. The Morgan fingerprint density at radius 2 is 1.29 bits per heavy atom. The smallest absolute Gasteiger partial charge is 0.460 e. The van der Waals surface area contributed by atoms with Crippen LogP contribution in [-0.4, -0.2) is 57.7 Å². The van der Waals surface area contributed by atoms with E-state index in [0.717, 1.165) is 63.1 Å². The fourth-order valence-corrected chi connectivity index (χ4v) is 13.0. The maximum absolute atomic E-state index is 15.0. The van der Waals surface area contributed by atoms with Crippen LogP contribution in [0.5, 0.6) is 0 Å². The highest BCUT2D eigenvalue weighted by atomic mass is 79.9. The number of ether oxygens (including phenoxy) is 1. The highest BCUT2D eigenvalue weighted by Gasteiger charge is 2.64. The first-order valence-electron chi connectivity index (χ1n) is 16.4. The lowest BCUT2D eigenvalue weighted by Crippen LogP contribution is -2.47. The number of alkyl halides is 3. The van der Waals surface area contributed by atoms with Crippen LogP contribution in [0.15, 0.2) is 0 Å². The van der Waals surface area contributed by atoms with Crippen molar-refractivity contribution in [3.63, 3.8) is 0 Å². The van der Waals surface area contributed by atoms with Gasteiger partial charge in [0.25, 0.3) is 0 Å². The van der Waals surface area contributed by atoms with Crippen LogP contribution in [0.3, 0.4) is 0 Å². The zero-order valence-electron chi connectivity index (χ0n) is 25.8. The van der Waals surface area contributed by atoms with Crippen molar-refractivity contribution in [2.24, 2.45) is 0 Å². The molecule has 0 heterocycles. The average Bonchev–Trinajstić information content (AvgIpc) is 2.97. The summed E-state index contributed by atoms with van der Waals surface area (Å²) in [6.45, 7) is -0.243. The van der Waals surface area contributed by atoms with Gasteiger partial charge in [-0.25, -0.2) is 4.79 Å². The normalized spacial score (nSPS) is 21.1. The van der Waals surface area contributed by atoms with E-state index >= 15 is 8.78 Å². The van der Waals surface area contributed by atoms with E-state index < -0.39 is 36.9 Å². The van der Waals surface area contributed by atoms with Gasteiger partial charge in [0, 0.05) is 18.0 Å². The van der Waals surface area contributed by atoms with E-state index in [4.69, 9.17) is 4.74 Å². The molecule has 2 unspecified atom stereocenters. The summed E-state index contributed by atoms with van der Waals surface area (Å²) in [5, 5.41) is -4.52. The van der Waals surface area contributed by atoms with Crippen molar-refractivity contribution in [2.75, 3.05) is 18.2 Å². The van der Waals surface area contributed by atoms with Gasteiger partial charge in [-0.3, -0.25) is 8.42 Å². The third-order valence-corrected chi connectivity index (χ3v) is 15.8. The van der Waals surface area contributed by atoms with E-state index in [1.54, 1.807) is 6.26 Å². The van der Waals surface area contributed by atoms with Gasteiger partial charge in [0.1, 0.15) is 5.25 Å². The van der Waals surface area contributed by atoms with Gasteiger partial charge >= 0.3 is 21.3 Å². The lowest BCUT2D eigenvalue weighted by atomic mass is 9.99. The number of hydrogen-bond donors (Lipinski definition) is 0. The molecule has 0 radical (unpaired) electrons. The summed E-state index contributed by atoms with van der Waals surface area (Å²) >= 11 is 3.46. The van der Waals surface area contributed by atoms with Crippen LogP contribution >= 0.6 is 26.2 Å². The second-order valence-corrected chi connectivity index (χ2v) is 18.4. The summed E-state index contributed by atoms with van der Waals surface area (Å²) in [4.78, 5) is 25.1. The first-order chi connectivity index (χ1) is 20.1. The fraction of sp³-hybridized carbons (Fsp3) is 0.935. The summed E-state index contributed by atoms with van der Waals surface area (Å²) < 4.78 is 64.6. The molecule has 0 aromatic carbocycles. The topological polar surface area (TPSA) is 90.3 Å². The molecule has 6 nitrogen and oxygen atoms in total. The maximum Gasteiger partial charge on any atom is 0.514 e. The predicted octanol–water partition coefficient (Wildman–Crippen LogP) is 9.60. The monoisotopic (exact) mass is 705 g/mol. The average molecular weight is 707 g/mol. The third kappa shape index (κ3) is 12.3. The van der Waals surface area contributed by atoms with Crippen LogP contribution in [0.4, 0.5) is 8.78 Å². The predicted molar refractivity (Wildman–Crippen MR) is 174 cm³/mol. The molecular weight excluding hydrogens is 650 g/mol. The lowest BCUT2D eigenvalue weighted by Gasteiger charge is -2.45. The highest BCUT2D eigenvalue weighted by Crippen LogP contribution is 2.61. The minimum absolute atomic E-state index is 0.0824. The summed E-state index contributed by atoms with van der Waals surface area (Å²) in [6.07, 6.45) is 23.7. The molecule has 0 saturated heterocycles. The van der Waals surface area contributed by atoms with Crippen LogP contribution in [0.25, 0.3) is 0 Å². The molecule has 0 bridgehead atoms. The fourth-order valence-electron chi connectivity index (χ4n) is 6.27. The Morgan fingerprint density at radius 3 is 1.79 bits per heavy atom. The van der Waals surface area contributed by atoms with E-state index in [-0.39, 0.29) is 17.6 Å². The SMILES string of the molecule is CS([OH+]S(=O)(=O)C(F)(F)C(=O)OCCCCCCCCCCCCCCCCBr)(C1CCCCC1)C1CCCCC1=O. The molecule has 0 aromatic heterocycles. The zero-order valence-corrected chi connectivity index (χ0v) is 29.0. The molecule has 2 saturated carbocycles. The second-order valence-electron chi connectivity index (χ2n) is 12.3. The van der Waals surface area contributed by atoms with Crippen molar-refractivity contribution < 1.29 is 35.2 Å². The van der Waals surface area contributed by atoms with E-state index in [9.17, 15) is 18.0 Å². The zero-order chi connectivity index (χ0) is 30.9. The number of rotatable bonds is 22. The largest absolute Gasteiger partial charge is 0.514 e. The molecule has 0 aromatic rings. The lowest BCUT2D eigenvalue weighted by molar-refractivity contribution is -0.161. The number of unbranched alkanes of at least 4 members (excludes halogenated alkanes) is 13. The first kappa shape index (κ1) is 37.9. The Morgan fingerprint density at radius 1 is 0.810 bits per heavy atom. The van der Waals surface area contributed by atoms with Crippen molar-refractivity contribution in [1.82, 2.24) is 0 Å². The molecule has 11 heteroatoms. The van der Waals surface area contributed by atoms with Gasteiger partial charge < -0.3 is 4.74 Å². The summed E-state index contributed by atoms with van der Waals surface area (Å²) in [7, 11) is -8.13. The van der Waals surface area contributed by atoms with Gasteiger partial charge in [0.15, 0.2) is 5.78 Å². The van der Waals surface area contributed by atoms with Crippen molar-refractivity contribution in [1.29, 1.82) is 0 Å². The first-order valence-corrected chi connectivity index (χ1v) is 21.1. The molecule has 0 spiro atoms. The van der Waals surface area contributed by atoms with Crippen LogP contribution in [0.2, 0.25) is 0 Å². The third-order valence-electron chi connectivity index (χ3n) is 8.88. The van der Waals surface area contributed by atoms with Crippen LogP contribution in [0, 0.1) is 0 Å². The number of carbonyl (C=O) groups excluding carboxylic acids is 2. The molecule has 2 aliphatic carbocycles. The van der Waals surface area contributed by atoms with E-state index in [1.807, 2.05) is 0 Å². The Labute approximate surface area is 264 Å². The molecule has 2 rings (SSSR count). The van der Waals surface area contributed by atoms with Gasteiger partial charge in [0.05, 0.1) is 11.9 Å². The quantitative estimate of drug-likeness (QED) is 0.0368. The van der Waals surface area contributed by atoms with Crippen molar-refractivity contribution in [3.8, 4) is 0 Å². The Balaban J connectivity index is 1.71. The van der Waals surface area contributed by atoms with Gasteiger partial charge in [0.2, 0.25) is 0 Å². The Bertz CT molecular complexity index is 898. The molecule has 248 valence electrons. The van der Waals surface area contributed by atoms with E-state index in [0.29, 0.717) is 32.1 Å². The summed E-state index contributed by atoms with van der Waals surface area (Å²) in [6, 6.07) is 0. The van der Waals surface area contributed by atoms with Gasteiger partial charge in [-0.15, -0.1) is 8.42 Å². The van der Waals surface area contributed by atoms with Gasteiger partial charge in [-0.05, 0) is 48.8 Å². The number of ketones is 1. The van der Waals surface area contributed by atoms with Crippen LogP contribution in [0.1, 0.15) is 148 Å². The summed E-state index contributed by atoms with van der Waals surface area (Å²) in [5.74, 6) is -2.14. The number of hydrogen-bond acceptors (Lipinski definition) is 5. The highest BCUT2D eigenvalue weighted by molar-refractivity contribution is 9.09. The number of carbonyl (C=O) groups is 2. The molecule has 2 aliphatic rings. The molecule has 42 heavy (non-hydrogen) atoms. The Kier molecular flexibility index (Phi) is 18.0. The van der Waals surface area contributed by atoms with Crippen LogP contribution < -0.4 is 0 Å². The van der Waals surface area contributed by atoms with Crippen LogP contribution in [-0.2, 0) is 24.4 Å². The number of Topliss-reactive ketones (excluding diaryl/α,β-unsaturated/α-hetero) is 1. The molecular formula is C31H56BrF2O6S2+. The van der Waals surface area contributed by atoms with E-state index in [2.05, 4.69) is 19.6 Å². The van der Waals surface area contributed by atoms with Crippen molar-refractivity contribution >= 4 is 48.1 Å². The second kappa shape index (κ2) is 20.0. The number of esters is 1. The molecule has 0 aliphatic heterocycles. The summed E-state index contributed by atoms with van der Waals surface area (Å²) in [5.41, 5.74) is 0. The van der Waals surface area contributed by atoms with E-state index in [1.165, 1.54) is 57.8 Å². The van der Waals surface area contributed by atoms with Crippen molar-refractivity contribution in [3.05, 3.63) is 0 Å². The molecule has 2 fully saturated rings. The standard InChI is InChI=1S/C31H55BrF2O6S2/c1-41(27-21-15-14-16-22-27,29-24-18-17-23-28(29)35)40-42(37,38)31(33,34)30(36)39-26-20-13-11-9-7-5-3-2-4-6-8-10-12-19-25-32/h27,29H,2-26H2,1H3/p+1. The molecule has 0 amide bonds. The van der Waals surface area contributed by atoms with Gasteiger partial charge in [-0.1, -0.05) is 119 Å². The van der Waals surface area contributed by atoms with Gasteiger partial charge in [-0.2, -0.15) is 8.78 Å². The number of halogens is 3.